The number of rotatable bonds is 2. The van der Waals surface area contributed by atoms with E-state index in [9.17, 15) is 4.79 Å². The topological polar surface area (TPSA) is 38.8 Å². The van der Waals surface area contributed by atoms with Crippen LogP contribution in [0.5, 0.6) is 0 Å². The van der Waals surface area contributed by atoms with Crippen LogP contribution in [0.25, 0.3) is 0 Å². The van der Waals surface area contributed by atoms with E-state index in [4.69, 9.17) is 9.47 Å². The number of carbonyl (C=O) groups is 1. The molecule has 0 aromatic heterocycles. The Morgan fingerprint density at radius 2 is 2.20 bits per heavy atom. The molecule has 2 aliphatic heterocycles. The first-order valence-electron chi connectivity index (χ1n) is 7.21. The Morgan fingerprint density at radius 3 is 2.85 bits per heavy atom. The molecule has 1 fully saturated rings. The highest BCUT2D eigenvalue weighted by molar-refractivity contribution is 5.89. The number of hydrogen-bond acceptors (Lipinski definition) is 4. The summed E-state index contributed by atoms with van der Waals surface area (Å²) >= 11 is 0. The lowest BCUT2D eigenvalue weighted by molar-refractivity contribution is -0.136. The van der Waals surface area contributed by atoms with Crippen molar-refractivity contribution in [2.75, 3.05) is 20.8 Å². The van der Waals surface area contributed by atoms with Gasteiger partial charge in [0.1, 0.15) is 5.76 Å². The summed E-state index contributed by atoms with van der Waals surface area (Å²) in [6.45, 7) is 1.02. The van der Waals surface area contributed by atoms with Crippen molar-refractivity contribution in [3.05, 3.63) is 35.3 Å². The second kappa shape index (κ2) is 5.00. The van der Waals surface area contributed by atoms with Gasteiger partial charge in [-0.2, -0.15) is 0 Å². The van der Waals surface area contributed by atoms with Crippen LogP contribution in [0, 0.1) is 0 Å². The van der Waals surface area contributed by atoms with E-state index in [2.05, 4.69) is 23.1 Å². The second-order valence-electron chi connectivity index (χ2n) is 5.62. The average molecular weight is 275 g/mol. The van der Waals surface area contributed by atoms with Crippen LogP contribution in [-0.4, -0.2) is 37.2 Å². The minimum absolute atomic E-state index is 0.0331. The summed E-state index contributed by atoms with van der Waals surface area (Å²) in [7, 11) is 3.17. The van der Waals surface area contributed by atoms with Crippen LogP contribution in [-0.2, 0) is 14.3 Å². The normalized spacial score (nSPS) is 28.5. The van der Waals surface area contributed by atoms with E-state index < -0.39 is 0 Å². The number of carbonyl (C=O) groups excluding carboxylic acids is 1. The Balaban J connectivity index is 1.92. The summed E-state index contributed by atoms with van der Waals surface area (Å²) in [5, 5.41) is 0. The summed E-state index contributed by atoms with van der Waals surface area (Å²) in [5.74, 6) is 0.772. The van der Waals surface area contributed by atoms with Crippen molar-refractivity contribution in [3.63, 3.8) is 0 Å². The molecule has 0 bridgehead atoms. The van der Waals surface area contributed by atoms with E-state index in [0.717, 1.165) is 50.0 Å². The van der Waals surface area contributed by atoms with Crippen LogP contribution in [0.15, 0.2) is 35.3 Å². The fraction of sp³-hybridized carbons (Fsp3) is 0.562. The molecule has 3 rings (SSSR count). The first-order valence-corrected chi connectivity index (χ1v) is 7.21. The fourth-order valence-corrected chi connectivity index (χ4v) is 3.63. The minimum atomic E-state index is -0.158. The van der Waals surface area contributed by atoms with Gasteiger partial charge in [-0.15, -0.1) is 0 Å². The van der Waals surface area contributed by atoms with Crippen molar-refractivity contribution in [1.29, 1.82) is 0 Å². The molecule has 4 heteroatoms. The average Bonchev–Trinajstić information content (AvgIpc) is 2.98. The summed E-state index contributed by atoms with van der Waals surface area (Å²) in [4.78, 5) is 14.3. The van der Waals surface area contributed by atoms with Crippen LogP contribution in [0.1, 0.15) is 32.1 Å². The molecule has 1 atom stereocenters. The van der Waals surface area contributed by atoms with Crippen LogP contribution in [0.4, 0.5) is 0 Å². The van der Waals surface area contributed by atoms with E-state index >= 15 is 0 Å². The van der Waals surface area contributed by atoms with E-state index in [1.54, 1.807) is 7.11 Å². The third-order valence-corrected chi connectivity index (χ3v) is 4.70. The lowest BCUT2D eigenvalue weighted by Crippen LogP contribution is -2.48. The van der Waals surface area contributed by atoms with Gasteiger partial charge in [-0.1, -0.05) is 6.08 Å². The van der Waals surface area contributed by atoms with E-state index in [-0.39, 0.29) is 11.5 Å². The molecule has 0 N–H and O–H groups in total. The van der Waals surface area contributed by atoms with Gasteiger partial charge < -0.3 is 14.4 Å². The second-order valence-corrected chi connectivity index (χ2v) is 5.62. The molecular weight excluding hydrogens is 254 g/mol. The molecule has 20 heavy (non-hydrogen) atoms. The lowest BCUT2D eigenvalue weighted by Gasteiger charge is -2.46. The third kappa shape index (κ3) is 1.94. The minimum Gasteiger partial charge on any atom is -0.497 e. The fourth-order valence-electron chi connectivity index (χ4n) is 3.63. The van der Waals surface area contributed by atoms with E-state index in [0.29, 0.717) is 0 Å². The van der Waals surface area contributed by atoms with Crippen molar-refractivity contribution in [2.24, 2.45) is 0 Å². The number of hydrogen-bond donors (Lipinski definition) is 0. The zero-order valence-corrected chi connectivity index (χ0v) is 12.1. The lowest BCUT2D eigenvalue weighted by atomic mass is 9.79. The smallest absolute Gasteiger partial charge is 0.335 e. The summed E-state index contributed by atoms with van der Waals surface area (Å²) in [5.41, 5.74) is 2.11. The van der Waals surface area contributed by atoms with Gasteiger partial charge in [0.15, 0.2) is 0 Å². The van der Waals surface area contributed by atoms with Gasteiger partial charge in [0.25, 0.3) is 0 Å². The monoisotopic (exact) mass is 275 g/mol. The molecule has 1 spiro atoms. The molecule has 0 saturated carbocycles. The maximum atomic E-state index is 11.9. The molecule has 4 nitrogen and oxygen atoms in total. The van der Waals surface area contributed by atoms with Gasteiger partial charge >= 0.3 is 5.97 Å². The highest BCUT2D eigenvalue weighted by atomic mass is 16.5. The predicted molar refractivity (Wildman–Crippen MR) is 75.8 cm³/mol. The molecule has 2 heterocycles. The number of nitrogens with zero attached hydrogens (tertiary/aromatic N) is 1. The van der Waals surface area contributed by atoms with E-state index in [1.165, 1.54) is 12.8 Å². The molecule has 3 aliphatic rings. The van der Waals surface area contributed by atoms with Crippen molar-refractivity contribution in [2.45, 2.75) is 37.6 Å². The highest BCUT2D eigenvalue weighted by Crippen LogP contribution is 2.45. The van der Waals surface area contributed by atoms with Gasteiger partial charge in [-0.05, 0) is 44.3 Å². The standard InChI is InChI=1S/C16H21NO3/c1-19-12-5-8-16(9-6-12)10-7-13(15(18)20-2)14-4-3-11-17(14)16/h5-6,8H,3-4,7,9-11H2,1-2H3/t16-/m0/s1. The number of ether oxygens (including phenoxy) is 2. The molecule has 0 aromatic rings. The van der Waals surface area contributed by atoms with Crippen LogP contribution in [0.3, 0.4) is 0 Å². The zero-order chi connectivity index (χ0) is 14.2. The summed E-state index contributed by atoms with van der Waals surface area (Å²) in [6.07, 6.45) is 11.3. The van der Waals surface area contributed by atoms with Crippen molar-refractivity contribution in [3.8, 4) is 0 Å². The predicted octanol–water partition coefficient (Wildman–Crippen LogP) is 2.53. The van der Waals surface area contributed by atoms with Gasteiger partial charge in [-0.25, -0.2) is 4.79 Å². The van der Waals surface area contributed by atoms with Crippen molar-refractivity contribution < 1.29 is 14.3 Å². The van der Waals surface area contributed by atoms with Crippen molar-refractivity contribution in [1.82, 2.24) is 4.90 Å². The van der Waals surface area contributed by atoms with Gasteiger partial charge in [-0.3, -0.25) is 0 Å². The Morgan fingerprint density at radius 1 is 1.35 bits per heavy atom. The van der Waals surface area contributed by atoms with E-state index in [1.807, 2.05) is 0 Å². The molecule has 0 radical (unpaired) electrons. The SMILES string of the molecule is COC(=O)C1=C2CCCN2[C@]2(C=CC(OC)=CC2)CC1. The van der Waals surface area contributed by atoms with Crippen LogP contribution < -0.4 is 0 Å². The first kappa shape index (κ1) is 13.3. The Bertz CT molecular complexity index is 518. The van der Waals surface area contributed by atoms with Crippen LogP contribution in [0.2, 0.25) is 0 Å². The Labute approximate surface area is 119 Å². The number of fused-ring (bicyclic) bond motifs is 2. The molecule has 0 aromatic carbocycles. The van der Waals surface area contributed by atoms with Crippen molar-refractivity contribution >= 4 is 5.97 Å². The first-order chi connectivity index (χ1) is 9.70. The highest BCUT2D eigenvalue weighted by Gasteiger charge is 2.43. The summed E-state index contributed by atoms with van der Waals surface area (Å²) in [6, 6.07) is 0. The molecule has 0 amide bonds. The quantitative estimate of drug-likeness (QED) is 0.726. The number of esters is 1. The third-order valence-electron chi connectivity index (χ3n) is 4.70. The van der Waals surface area contributed by atoms with Gasteiger partial charge in [0.2, 0.25) is 0 Å². The summed E-state index contributed by atoms with van der Waals surface area (Å²) < 4.78 is 10.2. The molecule has 108 valence electrons. The van der Waals surface area contributed by atoms with Gasteiger partial charge in [0, 0.05) is 12.2 Å². The largest absolute Gasteiger partial charge is 0.497 e. The Kier molecular flexibility index (Phi) is 3.32. The number of methoxy groups -OCH3 is 2. The maximum absolute atomic E-state index is 11.9. The van der Waals surface area contributed by atoms with Crippen LogP contribution >= 0.6 is 0 Å². The Hall–Kier alpha value is -1.71. The molecule has 0 unspecified atom stereocenters. The molecule has 1 aliphatic carbocycles. The maximum Gasteiger partial charge on any atom is 0.335 e. The molecule has 1 saturated heterocycles. The molecular formula is C16H21NO3. The number of allylic oxidation sites excluding steroid dienone is 2. The van der Waals surface area contributed by atoms with Gasteiger partial charge in [0.05, 0.1) is 25.3 Å². The zero-order valence-electron chi connectivity index (χ0n) is 12.1.